The van der Waals surface area contributed by atoms with Crippen LogP contribution in [-0.4, -0.2) is 41.4 Å². The summed E-state index contributed by atoms with van der Waals surface area (Å²) in [6.07, 6.45) is 3.65. The van der Waals surface area contributed by atoms with Crippen LogP contribution in [0.1, 0.15) is 11.5 Å². The van der Waals surface area contributed by atoms with Crippen molar-refractivity contribution in [3.63, 3.8) is 0 Å². The number of anilines is 1. The molecule has 6 nitrogen and oxygen atoms in total. The van der Waals surface area contributed by atoms with Crippen molar-refractivity contribution >= 4 is 16.6 Å². The molecule has 5 rings (SSSR count). The third kappa shape index (κ3) is 3.39. The molecule has 1 saturated heterocycles. The van der Waals surface area contributed by atoms with Crippen molar-refractivity contribution in [3.05, 3.63) is 66.2 Å². The van der Waals surface area contributed by atoms with Gasteiger partial charge >= 0.3 is 0 Å². The summed E-state index contributed by atoms with van der Waals surface area (Å²) < 4.78 is 10.9. The van der Waals surface area contributed by atoms with Gasteiger partial charge in [0.2, 0.25) is 11.7 Å². The molecule has 0 unspecified atom stereocenters. The van der Waals surface area contributed by atoms with E-state index >= 15 is 0 Å². The van der Waals surface area contributed by atoms with Gasteiger partial charge in [-0.25, -0.2) is 0 Å². The van der Waals surface area contributed by atoms with Crippen molar-refractivity contribution < 1.29 is 9.26 Å². The van der Waals surface area contributed by atoms with E-state index in [0.717, 1.165) is 50.2 Å². The van der Waals surface area contributed by atoms with Gasteiger partial charge in [0.1, 0.15) is 0 Å². The van der Waals surface area contributed by atoms with Gasteiger partial charge in [-0.3, -0.25) is 0 Å². The summed E-state index contributed by atoms with van der Waals surface area (Å²) in [6, 6.07) is 16.7. The summed E-state index contributed by atoms with van der Waals surface area (Å²) >= 11 is 0. The van der Waals surface area contributed by atoms with E-state index in [1.807, 2.05) is 6.07 Å². The van der Waals surface area contributed by atoms with Crippen molar-refractivity contribution in [1.82, 2.24) is 15.1 Å². The molecule has 2 aromatic heterocycles. The van der Waals surface area contributed by atoms with E-state index in [4.69, 9.17) is 9.26 Å². The molecule has 0 saturated carbocycles. The minimum Gasteiger partial charge on any atom is -0.378 e. The maximum atomic E-state index is 5.48. The molecule has 0 spiro atoms. The molecular formula is C22H22N4O2. The second-order valence-corrected chi connectivity index (χ2v) is 7.02. The largest absolute Gasteiger partial charge is 0.378 e. The summed E-state index contributed by atoms with van der Waals surface area (Å²) in [5, 5.41) is 5.41. The fraction of sp³-hybridized carbons (Fsp3) is 0.273. The molecule has 0 bridgehead atoms. The number of ether oxygens (including phenoxy) is 1. The number of nitrogens with zero attached hydrogens (tertiary/aromatic N) is 3. The number of nitrogens with one attached hydrogen (secondary N) is 1. The average Bonchev–Trinajstić information content (AvgIpc) is 3.40. The Balaban J connectivity index is 1.26. The average molecular weight is 374 g/mol. The first-order chi connectivity index (χ1) is 13.9. The first-order valence-electron chi connectivity index (χ1n) is 9.67. The van der Waals surface area contributed by atoms with E-state index in [2.05, 4.69) is 68.7 Å². The minimum absolute atomic E-state index is 0.641. The lowest BCUT2D eigenvalue weighted by Crippen LogP contribution is -2.36. The van der Waals surface area contributed by atoms with E-state index in [1.54, 1.807) is 0 Å². The fourth-order valence-corrected chi connectivity index (χ4v) is 3.70. The number of aryl methyl sites for hydroxylation is 2. The number of aromatic amines is 1. The van der Waals surface area contributed by atoms with Crippen molar-refractivity contribution in [2.45, 2.75) is 12.8 Å². The molecule has 1 aliphatic rings. The van der Waals surface area contributed by atoms with Crippen LogP contribution in [0.3, 0.4) is 0 Å². The van der Waals surface area contributed by atoms with Gasteiger partial charge in [0.05, 0.1) is 13.2 Å². The molecule has 0 aliphatic carbocycles. The number of morpholine rings is 1. The molecule has 6 heteroatoms. The van der Waals surface area contributed by atoms with Gasteiger partial charge in [-0.2, -0.15) is 4.98 Å². The van der Waals surface area contributed by atoms with Crippen LogP contribution in [0.25, 0.3) is 22.3 Å². The smallest absolute Gasteiger partial charge is 0.227 e. The van der Waals surface area contributed by atoms with Crippen LogP contribution in [-0.2, 0) is 17.6 Å². The molecule has 0 radical (unpaired) electrons. The standard InChI is InChI=1S/C22H22N4O2/c1-2-4-20-19(3-1)17(15-23-20)7-10-21-24-22(25-28-21)16-5-8-18(9-6-16)26-11-13-27-14-12-26/h1-6,8-9,15,23H,7,10-14H2. The number of H-pyrrole nitrogens is 1. The summed E-state index contributed by atoms with van der Waals surface area (Å²) in [7, 11) is 0. The topological polar surface area (TPSA) is 67.2 Å². The summed E-state index contributed by atoms with van der Waals surface area (Å²) in [4.78, 5) is 10.2. The predicted octanol–water partition coefficient (Wildman–Crippen LogP) is 3.84. The molecule has 2 aromatic carbocycles. The zero-order valence-electron chi connectivity index (χ0n) is 15.6. The van der Waals surface area contributed by atoms with E-state index in [-0.39, 0.29) is 0 Å². The Bertz CT molecular complexity index is 1060. The minimum atomic E-state index is 0.641. The Kier molecular flexibility index (Phi) is 4.54. The number of aromatic nitrogens is 3. The van der Waals surface area contributed by atoms with Crippen molar-refractivity contribution in [3.8, 4) is 11.4 Å². The number of para-hydroxylation sites is 1. The monoisotopic (exact) mass is 374 g/mol. The quantitative estimate of drug-likeness (QED) is 0.575. The van der Waals surface area contributed by atoms with Gasteiger partial charge < -0.3 is 19.1 Å². The molecular weight excluding hydrogens is 352 g/mol. The molecule has 0 atom stereocenters. The van der Waals surface area contributed by atoms with Crippen molar-refractivity contribution in [2.75, 3.05) is 31.2 Å². The third-order valence-corrected chi connectivity index (χ3v) is 5.25. The van der Waals surface area contributed by atoms with E-state index < -0.39 is 0 Å². The Labute approximate surface area is 163 Å². The normalized spacial score (nSPS) is 14.6. The zero-order valence-corrected chi connectivity index (χ0v) is 15.6. The predicted molar refractivity (Wildman–Crippen MR) is 108 cm³/mol. The molecule has 142 valence electrons. The number of benzene rings is 2. The van der Waals surface area contributed by atoms with Crippen LogP contribution in [0.4, 0.5) is 5.69 Å². The SMILES string of the molecule is c1ccc2c(CCc3nc(-c4ccc(N5CCOCC5)cc4)no3)c[nH]c2c1. The second kappa shape index (κ2) is 7.48. The van der Waals surface area contributed by atoms with Crippen molar-refractivity contribution in [2.24, 2.45) is 0 Å². The highest BCUT2D eigenvalue weighted by Gasteiger charge is 2.13. The number of hydrogen-bond acceptors (Lipinski definition) is 5. The summed E-state index contributed by atoms with van der Waals surface area (Å²) in [5.41, 5.74) is 4.60. The molecule has 1 fully saturated rings. The van der Waals surface area contributed by atoms with E-state index in [1.165, 1.54) is 16.6 Å². The molecule has 1 N–H and O–H groups in total. The van der Waals surface area contributed by atoms with Crippen LogP contribution < -0.4 is 4.90 Å². The molecule has 1 aliphatic heterocycles. The number of rotatable bonds is 5. The molecule has 0 amide bonds. The van der Waals surface area contributed by atoms with Crippen LogP contribution in [0.2, 0.25) is 0 Å². The Morgan fingerprint density at radius 3 is 2.64 bits per heavy atom. The van der Waals surface area contributed by atoms with Gasteiger partial charge in [0.25, 0.3) is 0 Å². The fourth-order valence-electron chi connectivity index (χ4n) is 3.70. The Morgan fingerprint density at radius 1 is 0.964 bits per heavy atom. The van der Waals surface area contributed by atoms with Crippen molar-refractivity contribution in [1.29, 1.82) is 0 Å². The summed E-state index contributed by atoms with van der Waals surface area (Å²) in [5.74, 6) is 1.31. The second-order valence-electron chi connectivity index (χ2n) is 7.02. The van der Waals surface area contributed by atoms with Crippen LogP contribution in [0, 0.1) is 0 Å². The van der Waals surface area contributed by atoms with Gasteiger partial charge in [-0.05, 0) is 42.3 Å². The highest BCUT2D eigenvalue weighted by atomic mass is 16.5. The lowest BCUT2D eigenvalue weighted by molar-refractivity contribution is 0.122. The highest BCUT2D eigenvalue weighted by Crippen LogP contribution is 2.23. The lowest BCUT2D eigenvalue weighted by Gasteiger charge is -2.28. The summed E-state index contributed by atoms with van der Waals surface area (Å²) in [6.45, 7) is 3.43. The maximum absolute atomic E-state index is 5.48. The first-order valence-corrected chi connectivity index (χ1v) is 9.67. The molecule has 3 heterocycles. The first kappa shape index (κ1) is 17.0. The van der Waals surface area contributed by atoms with E-state index in [0.29, 0.717) is 11.7 Å². The van der Waals surface area contributed by atoms with Gasteiger partial charge in [-0.1, -0.05) is 23.4 Å². The zero-order chi connectivity index (χ0) is 18.8. The molecule has 4 aromatic rings. The Morgan fingerprint density at radius 2 is 1.79 bits per heavy atom. The van der Waals surface area contributed by atoms with Crippen LogP contribution >= 0.6 is 0 Å². The molecule has 28 heavy (non-hydrogen) atoms. The van der Waals surface area contributed by atoms with Crippen LogP contribution in [0.15, 0.2) is 59.3 Å². The Hall–Kier alpha value is -3.12. The lowest BCUT2D eigenvalue weighted by atomic mass is 10.1. The van der Waals surface area contributed by atoms with Gasteiger partial charge in [0, 0.05) is 47.9 Å². The third-order valence-electron chi connectivity index (χ3n) is 5.25. The number of fused-ring (bicyclic) bond motifs is 1. The maximum Gasteiger partial charge on any atom is 0.227 e. The van der Waals surface area contributed by atoms with Crippen LogP contribution in [0.5, 0.6) is 0 Å². The number of hydrogen-bond donors (Lipinski definition) is 1. The van der Waals surface area contributed by atoms with Gasteiger partial charge in [-0.15, -0.1) is 0 Å². The highest BCUT2D eigenvalue weighted by molar-refractivity contribution is 5.83. The van der Waals surface area contributed by atoms with E-state index in [9.17, 15) is 0 Å². The van der Waals surface area contributed by atoms with Gasteiger partial charge in [0.15, 0.2) is 0 Å².